The van der Waals surface area contributed by atoms with Gasteiger partial charge in [0, 0.05) is 11.0 Å². The van der Waals surface area contributed by atoms with Crippen molar-refractivity contribution in [1.82, 2.24) is 4.31 Å². The predicted molar refractivity (Wildman–Crippen MR) is 70.4 cm³/mol. The number of nitrogens with two attached hydrogens (primary N) is 1. The van der Waals surface area contributed by atoms with Crippen molar-refractivity contribution in [2.75, 3.05) is 25.4 Å². The Kier molecular flexibility index (Phi) is 5.80. The van der Waals surface area contributed by atoms with Crippen LogP contribution in [0.25, 0.3) is 0 Å². The molecule has 0 saturated carbocycles. The van der Waals surface area contributed by atoms with Gasteiger partial charge in [0.1, 0.15) is 5.82 Å². The molecule has 0 saturated heterocycles. The Labute approximate surface area is 122 Å². The molecule has 1 aromatic carbocycles. The highest BCUT2D eigenvalue weighted by molar-refractivity contribution is 9.10. The third kappa shape index (κ3) is 3.84. The van der Waals surface area contributed by atoms with Crippen molar-refractivity contribution in [2.24, 2.45) is 0 Å². The summed E-state index contributed by atoms with van der Waals surface area (Å²) >= 11 is 2.85. The van der Waals surface area contributed by atoms with Gasteiger partial charge in [0.05, 0.1) is 23.7 Å². The summed E-state index contributed by atoms with van der Waals surface area (Å²) < 4.78 is 62.7. The first kappa shape index (κ1) is 17.2. The molecule has 0 aliphatic carbocycles. The molecule has 0 aromatic heterocycles. The van der Waals surface area contributed by atoms with E-state index in [1.165, 1.54) is 0 Å². The van der Waals surface area contributed by atoms with Gasteiger partial charge in [0.2, 0.25) is 10.0 Å². The lowest BCUT2D eigenvalue weighted by Crippen LogP contribution is -2.37. The SMILES string of the molecule is Nc1cc(S(=O)(=O)N(CCO)CC(F)F)c(Br)cc1F. The fourth-order valence-electron chi connectivity index (χ4n) is 1.46. The van der Waals surface area contributed by atoms with Gasteiger partial charge in [-0.25, -0.2) is 21.6 Å². The Morgan fingerprint density at radius 2 is 2.00 bits per heavy atom. The van der Waals surface area contributed by atoms with Gasteiger partial charge in [-0.3, -0.25) is 0 Å². The van der Waals surface area contributed by atoms with Gasteiger partial charge in [0.15, 0.2) is 0 Å². The number of nitrogen functional groups attached to an aromatic ring is 1. The van der Waals surface area contributed by atoms with Gasteiger partial charge in [-0.2, -0.15) is 4.31 Å². The number of sulfonamides is 1. The van der Waals surface area contributed by atoms with Crippen LogP contribution in [0.15, 0.2) is 21.5 Å². The fourth-order valence-corrected chi connectivity index (χ4v) is 3.88. The standard InChI is InChI=1S/C10H12BrF3N2O3S/c11-6-3-7(12)8(15)4-9(6)20(18,19)16(1-2-17)5-10(13)14/h3-4,10,17H,1-2,5,15H2. The fraction of sp³-hybridized carbons (Fsp3) is 0.400. The minimum Gasteiger partial charge on any atom is -0.396 e. The second kappa shape index (κ2) is 6.74. The molecule has 20 heavy (non-hydrogen) atoms. The first-order valence-corrected chi connectivity index (χ1v) is 7.57. The van der Waals surface area contributed by atoms with Crippen LogP contribution in [0.5, 0.6) is 0 Å². The van der Waals surface area contributed by atoms with E-state index < -0.39 is 52.5 Å². The Bertz CT molecular complexity index is 583. The predicted octanol–water partition coefficient (Wildman–Crippen LogP) is 1.42. The highest BCUT2D eigenvalue weighted by Crippen LogP contribution is 2.29. The zero-order chi connectivity index (χ0) is 15.5. The van der Waals surface area contributed by atoms with Crippen LogP contribution in [-0.4, -0.2) is 44.0 Å². The molecule has 0 radical (unpaired) electrons. The summed E-state index contributed by atoms with van der Waals surface area (Å²) in [5, 5.41) is 8.78. The average Bonchev–Trinajstić information content (AvgIpc) is 2.32. The molecule has 0 atom stereocenters. The minimum absolute atomic E-state index is 0.138. The van der Waals surface area contributed by atoms with E-state index in [1.54, 1.807) is 0 Å². The van der Waals surface area contributed by atoms with E-state index in [9.17, 15) is 21.6 Å². The van der Waals surface area contributed by atoms with E-state index >= 15 is 0 Å². The van der Waals surface area contributed by atoms with Crippen LogP contribution in [0.2, 0.25) is 0 Å². The summed E-state index contributed by atoms with van der Waals surface area (Å²) in [6.07, 6.45) is -2.91. The van der Waals surface area contributed by atoms with Gasteiger partial charge >= 0.3 is 0 Å². The molecule has 0 unspecified atom stereocenters. The van der Waals surface area contributed by atoms with Crippen molar-refractivity contribution < 1.29 is 26.7 Å². The molecular weight excluding hydrogens is 365 g/mol. The van der Waals surface area contributed by atoms with Gasteiger partial charge in [0.25, 0.3) is 6.43 Å². The Balaban J connectivity index is 3.29. The van der Waals surface area contributed by atoms with Crippen LogP contribution < -0.4 is 5.73 Å². The molecule has 0 fully saturated rings. The van der Waals surface area contributed by atoms with E-state index in [-0.39, 0.29) is 4.47 Å². The molecule has 0 bridgehead atoms. The molecule has 0 spiro atoms. The van der Waals surface area contributed by atoms with Crippen LogP contribution >= 0.6 is 15.9 Å². The van der Waals surface area contributed by atoms with Crippen molar-refractivity contribution in [1.29, 1.82) is 0 Å². The maximum Gasteiger partial charge on any atom is 0.252 e. The molecule has 10 heteroatoms. The first-order valence-electron chi connectivity index (χ1n) is 5.33. The normalized spacial score (nSPS) is 12.3. The Morgan fingerprint density at radius 3 is 2.50 bits per heavy atom. The first-order chi connectivity index (χ1) is 9.20. The lowest BCUT2D eigenvalue weighted by molar-refractivity contribution is 0.113. The highest BCUT2D eigenvalue weighted by Gasteiger charge is 2.29. The zero-order valence-electron chi connectivity index (χ0n) is 10.1. The van der Waals surface area contributed by atoms with E-state index in [2.05, 4.69) is 15.9 Å². The number of benzene rings is 1. The molecule has 114 valence electrons. The lowest BCUT2D eigenvalue weighted by atomic mass is 10.3. The summed E-state index contributed by atoms with van der Waals surface area (Å²) in [6, 6.07) is 1.67. The van der Waals surface area contributed by atoms with Crippen LogP contribution in [0.3, 0.4) is 0 Å². The van der Waals surface area contributed by atoms with Crippen molar-refractivity contribution in [3.8, 4) is 0 Å². The van der Waals surface area contributed by atoms with Crippen LogP contribution in [-0.2, 0) is 10.0 Å². The summed E-state index contributed by atoms with van der Waals surface area (Å²) in [7, 11) is -4.33. The number of aliphatic hydroxyl groups is 1. The molecule has 1 rings (SSSR count). The molecule has 5 nitrogen and oxygen atoms in total. The second-order valence-electron chi connectivity index (χ2n) is 3.78. The van der Waals surface area contributed by atoms with E-state index in [1.807, 2.05) is 0 Å². The Hall–Kier alpha value is -0.840. The van der Waals surface area contributed by atoms with Crippen molar-refractivity contribution in [3.63, 3.8) is 0 Å². The lowest BCUT2D eigenvalue weighted by Gasteiger charge is -2.21. The molecular formula is C10H12BrF3N2O3S. The average molecular weight is 377 g/mol. The van der Waals surface area contributed by atoms with E-state index in [0.717, 1.165) is 12.1 Å². The van der Waals surface area contributed by atoms with Gasteiger partial charge < -0.3 is 10.8 Å². The topological polar surface area (TPSA) is 83.6 Å². The molecule has 0 heterocycles. The number of aliphatic hydroxyl groups excluding tert-OH is 1. The van der Waals surface area contributed by atoms with Crippen molar-refractivity contribution >= 4 is 31.6 Å². The van der Waals surface area contributed by atoms with Gasteiger partial charge in [-0.05, 0) is 28.1 Å². The smallest absolute Gasteiger partial charge is 0.252 e. The molecule has 0 aliphatic rings. The number of anilines is 1. The van der Waals surface area contributed by atoms with Gasteiger partial charge in [-0.1, -0.05) is 0 Å². The molecule has 0 amide bonds. The quantitative estimate of drug-likeness (QED) is 0.735. The number of alkyl halides is 2. The summed E-state index contributed by atoms with van der Waals surface area (Å²) in [5.74, 6) is -0.835. The monoisotopic (exact) mass is 376 g/mol. The van der Waals surface area contributed by atoms with E-state index in [0.29, 0.717) is 4.31 Å². The maximum atomic E-state index is 13.2. The Morgan fingerprint density at radius 1 is 1.40 bits per heavy atom. The second-order valence-corrected chi connectivity index (χ2v) is 6.54. The third-order valence-electron chi connectivity index (χ3n) is 2.36. The number of nitrogens with zero attached hydrogens (tertiary/aromatic N) is 1. The highest BCUT2D eigenvalue weighted by atomic mass is 79.9. The van der Waals surface area contributed by atoms with Crippen molar-refractivity contribution in [2.45, 2.75) is 11.3 Å². The summed E-state index contributed by atoms with van der Waals surface area (Å²) in [5.41, 5.74) is 4.86. The molecule has 0 aliphatic heterocycles. The molecule has 3 N–H and O–H groups in total. The number of halogens is 4. The number of rotatable bonds is 6. The van der Waals surface area contributed by atoms with Crippen LogP contribution in [0, 0.1) is 5.82 Å². The van der Waals surface area contributed by atoms with Crippen molar-refractivity contribution in [3.05, 3.63) is 22.4 Å². The third-order valence-corrected chi connectivity index (χ3v) is 5.18. The minimum atomic E-state index is -4.33. The number of hydrogen-bond donors (Lipinski definition) is 2. The van der Waals surface area contributed by atoms with Crippen LogP contribution in [0.1, 0.15) is 0 Å². The summed E-state index contributed by atoms with van der Waals surface area (Å²) in [6.45, 7) is -2.21. The zero-order valence-corrected chi connectivity index (χ0v) is 12.5. The van der Waals surface area contributed by atoms with Gasteiger partial charge in [-0.15, -0.1) is 0 Å². The largest absolute Gasteiger partial charge is 0.396 e. The maximum absolute atomic E-state index is 13.2. The summed E-state index contributed by atoms with van der Waals surface area (Å²) in [4.78, 5) is -0.439. The number of hydrogen-bond acceptors (Lipinski definition) is 4. The van der Waals surface area contributed by atoms with E-state index in [4.69, 9.17) is 10.8 Å². The molecule has 1 aromatic rings. The van der Waals surface area contributed by atoms with Crippen LogP contribution in [0.4, 0.5) is 18.9 Å².